The van der Waals surface area contributed by atoms with Gasteiger partial charge >= 0.3 is 5.97 Å². The zero-order valence-electron chi connectivity index (χ0n) is 34.8. The normalized spacial score (nSPS) is 53.6. The maximum absolute atomic E-state index is 13.3. The fourth-order valence-corrected chi connectivity index (χ4v) is 12.9. The number of fused-ring (bicyclic) bond motifs is 5. The molecule has 0 bridgehead atoms. The molecule has 8 aliphatic rings. The summed E-state index contributed by atoms with van der Waals surface area (Å²) in [5.41, 5.74) is -3.06. The monoisotopic (exact) mass is 872 g/mol. The molecule has 4 aliphatic heterocycles. The number of hydrogen-bond acceptors (Lipinski definition) is 19. The minimum atomic E-state index is -1.75. The lowest BCUT2D eigenvalue weighted by molar-refractivity contribution is -0.355. The Morgan fingerprint density at radius 2 is 1.51 bits per heavy atom. The Kier molecular flexibility index (Phi) is 12.9. The van der Waals surface area contributed by atoms with Gasteiger partial charge in [-0.3, -0.25) is 0 Å². The molecule has 4 aliphatic carbocycles. The molecule has 7 fully saturated rings. The molecular weight excluding hydrogens is 808 g/mol. The predicted octanol–water partition coefficient (Wildman–Crippen LogP) is -1.92. The SMILES string of the molecule is CO[C@@H]1C[C@H](O[C@@H]2CC[C@]3(C=O)[C@H]4CC[C@]5(C)[C@H](C6=CC(=O)OC6)CC[C@]5(O)[C@@H]4CC[C@]3(O)C2)O[C@H](C)[C@@H]1O[C@H]1O[C@@H](CO[C@@H]2O[C@H](CO)[C@H](O)[C@@H](O)[C@@H]2O)[C@H](O)[C@@H](O)[C@@H]1O. The number of methoxy groups -OCH3 is 1. The van der Waals surface area contributed by atoms with Crippen molar-refractivity contribution in [2.75, 3.05) is 26.9 Å². The second-order valence-corrected chi connectivity index (χ2v) is 19.2. The van der Waals surface area contributed by atoms with Crippen LogP contribution in [0.15, 0.2) is 11.6 Å². The Bertz CT molecular complexity index is 1630. The van der Waals surface area contributed by atoms with E-state index in [1.807, 2.05) is 0 Å². The third-order valence-corrected chi connectivity index (χ3v) is 16.3. The number of cyclic esters (lactones) is 1. The number of aliphatic hydroxyl groups excluding tert-OH is 7. The maximum atomic E-state index is 13.3. The lowest BCUT2D eigenvalue weighted by Crippen LogP contribution is -2.69. The van der Waals surface area contributed by atoms with Crippen molar-refractivity contribution in [3.63, 3.8) is 0 Å². The van der Waals surface area contributed by atoms with Crippen LogP contribution in [0.4, 0.5) is 0 Å². The van der Waals surface area contributed by atoms with Gasteiger partial charge in [0, 0.05) is 31.4 Å². The molecule has 19 nitrogen and oxygen atoms in total. The van der Waals surface area contributed by atoms with Crippen molar-refractivity contribution in [3.05, 3.63) is 11.6 Å². The third-order valence-electron chi connectivity index (χ3n) is 16.3. The van der Waals surface area contributed by atoms with Crippen molar-refractivity contribution in [2.45, 2.75) is 181 Å². The van der Waals surface area contributed by atoms with Gasteiger partial charge in [0.2, 0.25) is 0 Å². The number of hydrogen-bond donors (Lipinski definition) is 9. The number of carbonyl (C=O) groups excluding carboxylic acids is 2. The smallest absolute Gasteiger partial charge is 0.331 e. The average Bonchev–Trinajstić information content (AvgIpc) is 3.79. The fraction of sp³-hybridized carbons (Fsp3) is 0.905. The maximum Gasteiger partial charge on any atom is 0.331 e. The minimum absolute atomic E-state index is 0.00485. The van der Waals surface area contributed by atoms with Gasteiger partial charge in [0.05, 0.1) is 48.1 Å². The van der Waals surface area contributed by atoms with E-state index in [1.165, 1.54) is 7.11 Å². The van der Waals surface area contributed by atoms with Gasteiger partial charge in [0.1, 0.15) is 67.8 Å². The largest absolute Gasteiger partial charge is 0.458 e. The summed E-state index contributed by atoms with van der Waals surface area (Å²) in [7, 11) is 1.47. The highest BCUT2D eigenvalue weighted by Crippen LogP contribution is 2.70. The summed E-state index contributed by atoms with van der Waals surface area (Å²) >= 11 is 0. The van der Waals surface area contributed by atoms with E-state index in [4.69, 9.17) is 37.9 Å². The molecule has 0 unspecified atom stereocenters. The molecular formula is C42H64O19. The Morgan fingerprint density at radius 1 is 0.820 bits per heavy atom. The molecule has 0 spiro atoms. The topological polar surface area (TPSA) is 290 Å². The van der Waals surface area contributed by atoms with Crippen molar-refractivity contribution in [2.24, 2.45) is 28.6 Å². The fourth-order valence-electron chi connectivity index (χ4n) is 12.9. The molecule has 346 valence electrons. The van der Waals surface area contributed by atoms with E-state index in [9.17, 15) is 55.5 Å². The van der Waals surface area contributed by atoms with Crippen molar-refractivity contribution in [3.8, 4) is 0 Å². The lowest BCUT2D eigenvalue weighted by atomic mass is 9.41. The predicted molar refractivity (Wildman–Crippen MR) is 203 cm³/mol. The van der Waals surface area contributed by atoms with Gasteiger partial charge in [0.15, 0.2) is 18.9 Å². The van der Waals surface area contributed by atoms with Crippen molar-refractivity contribution in [1.29, 1.82) is 0 Å². The van der Waals surface area contributed by atoms with Crippen LogP contribution in [-0.2, 0) is 47.5 Å². The van der Waals surface area contributed by atoms with Gasteiger partial charge in [0.25, 0.3) is 0 Å². The zero-order valence-corrected chi connectivity index (χ0v) is 34.8. The quantitative estimate of drug-likeness (QED) is 0.0622. The molecule has 22 atom stereocenters. The molecule has 0 radical (unpaired) electrons. The third kappa shape index (κ3) is 7.55. The molecule has 0 aromatic rings. The first kappa shape index (κ1) is 45.8. The van der Waals surface area contributed by atoms with E-state index < -0.39 is 127 Å². The van der Waals surface area contributed by atoms with E-state index in [0.717, 1.165) is 18.3 Å². The van der Waals surface area contributed by atoms with E-state index in [2.05, 4.69) is 6.92 Å². The van der Waals surface area contributed by atoms with E-state index in [0.29, 0.717) is 44.9 Å². The number of rotatable bonds is 11. The van der Waals surface area contributed by atoms with Crippen LogP contribution in [0, 0.1) is 28.6 Å². The van der Waals surface area contributed by atoms with Gasteiger partial charge in [-0.15, -0.1) is 0 Å². The van der Waals surface area contributed by atoms with E-state index in [1.54, 1.807) is 13.0 Å². The van der Waals surface area contributed by atoms with Crippen LogP contribution in [-0.4, -0.2) is 188 Å². The van der Waals surface area contributed by atoms with Crippen LogP contribution < -0.4 is 0 Å². The molecule has 4 saturated carbocycles. The molecule has 4 heterocycles. The summed E-state index contributed by atoms with van der Waals surface area (Å²) in [5.74, 6) is -0.767. The number of carbonyl (C=O) groups is 2. The molecule has 19 heteroatoms. The highest BCUT2D eigenvalue weighted by Gasteiger charge is 2.71. The average molecular weight is 873 g/mol. The number of aliphatic hydroxyl groups is 9. The number of esters is 1. The molecule has 61 heavy (non-hydrogen) atoms. The molecule has 8 rings (SSSR count). The van der Waals surface area contributed by atoms with Gasteiger partial charge in [-0.2, -0.15) is 0 Å². The van der Waals surface area contributed by atoms with Crippen molar-refractivity contribution < 1.29 is 93.4 Å². The summed E-state index contributed by atoms with van der Waals surface area (Å²) in [6, 6.07) is 0. The van der Waals surface area contributed by atoms with Crippen LogP contribution in [0.1, 0.15) is 78.1 Å². The Hall–Kier alpha value is -1.76. The highest BCUT2D eigenvalue weighted by atomic mass is 16.8. The Morgan fingerprint density at radius 3 is 2.18 bits per heavy atom. The molecule has 0 amide bonds. The Balaban J connectivity index is 0.886. The standard InChI is InChI=1S/C42H64O19/c1-19-36(61-38-35(51)33(49)31(47)27(60-38)17-56-37-34(50)32(48)30(46)26(15-43)59-37)25(54-3)13-29(57-19)58-21-4-9-40(18-44)23-5-8-39(2)22(20-12-28(45)55-16-20)7-11-42(39,53)24(23)6-10-41(40,52)14-21/h12,18-19,21-27,29-38,43,46-53H,4-11,13-17H2,1-3H3/t19-,21-,22+,23+,24-,25-,26-,27+,29+,30+,31+,32-,33-,34+,35+,36+,37-,38-,39-,40+,41+,42+/m1/s1. The number of aldehydes is 1. The summed E-state index contributed by atoms with van der Waals surface area (Å²) in [6.45, 7) is 2.86. The number of ether oxygens (including phenoxy) is 8. The summed E-state index contributed by atoms with van der Waals surface area (Å²) in [6.07, 6.45) is -12.2. The Labute approximate surface area is 353 Å². The highest BCUT2D eigenvalue weighted by molar-refractivity contribution is 5.85. The summed E-state index contributed by atoms with van der Waals surface area (Å²) in [4.78, 5) is 25.3. The van der Waals surface area contributed by atoms with Crippen LogP contribution in [0.25, 0.3) is 0 Å². The van der Waals surface area contributed by atoms with Crippen molar-refractivity contribution in [1.82, 2.24) is 0 Å². The van der Waals surface area contributed by atoms with Gasteiger partial charge < -0.3 is 88.6 Å². The van der Waals surface area contributed by atoms with E-state index >= 15 is 0 Å². The second kappa shape index (κ2) is 17.2. The molecule has 9 N–H and O–H groups in total. The molecule has 0 aromatic carbocycles. The van der Waals surface area contributed by atoms with Gasteiger partial charge in [-0.25, -0.2) is 4.79 Å². The minimum Gasteiger partial charge on any atom is -0.458 e. The van der Waals surface area contributed by atoms with E-state index in [-0.39, 0.29) is 43.2 Å². The van der Waals surface area contributed by atoms with Gasteiger partial charge in [-0.1, -0.05) is 6.92 Å². The molecule has 0 aromatic heterocycles. The first-order valence-corrected chi connectivity index (χ1v) is 21.8. The van der Waals surface area contributed by atoms with Crippen molar-refractivity contribution >= 4 is 12.3 Å². The van der Waals surface area contributed by atoms with Gasteiger partial charge in [-0.05, 0) is 81.6 Å². The molecule has 3 saturated heterocycles. The zero-order chi connectivity index (χ0) is 43.8. The van der Waals surface area contributed by atoms with Crippen LogP contribution in [0.5, 0.6) is 0 Å². The first-order valence-electron chi connectivity index (χ1n) is 21.8. The summed E-state index contributed by atoms with van der Waals surface area (Å²) < 4.78 is 46.7. The lowest BCUT2D eigenvalue weighted by Gasteiger charge is -2.65. The second-order valence-electron chi connectivity index (χ2n) is 19.2. The van der Waals surface area contributed by atoms with Crippen LogP contribution >= 0.6 is 0 Å². The van der Waals surface area contributed by atoms with Crippen LogP contribution in [0.3, 0.4) is 0 Å². The van der Waals surface area contributed by atoms with Crippen LogP contribution in [0.2, 0.25) is 0 Å². The first-order chi connectivity index (χ1) is 28.9. The summed E-state index contributed by atoms with van der Waals surface area (Å²) in [5, 5.41) is 97.4.